The van der Waals surface area contributed by atoms with Crippen LogP contribution in [0.4, 0.5) is 0 Å². The molecule has 4 N–H and O–H groups in total. The van der Waals surface area contributed by atoms with E-state index in [2.05, 4.69) is 20.6 Å². The molecule has 0 amide bonds. The van der Waals surface area contributed by atoms with Crippen LogP contribution in [0.3, 0.4) is 0 Å². The first kappa shape index (κ1) is 23.3. The summed E-state index contributed by atoms with van der Waals surface area (Å²) in [4.78, 5) is 43.4. The number of nitrogens with zero attached hydrogens (tertiary/aromatic N) is 1. The van der Waals surface area contributed by atoms with Crippen LogP contribution in [-0.2, 0) is 25.8 Å². The van der Waals surface area contributed by atoms with Crippen molar-refractivity contribution in [3.63, 3.8) is 0 Å². The lowest BCUT2D eigenvalue weighted by molar-refractivity contribution is -0.148. The van der Waals surface area contributed by atoms with Crippen LogP contribution in [0, 0.1) is 0 Å². The lowest BCUT2D eigenvalue weighted by Crippen LogP contribution is -2.45. The van der Waals surface area contributed by atoms with E-state index in [4.69, 9.17) is 0 Å². The second-order valence-electron chi connectivity index (χ2n) is 6.17. The summed E-state index contributed by atoms with van der Waals surface area (Å²) in [7, 11) is 1.47. The highest BCUT2D eigenvalue weighted by atomic mass is 32.2. The summed E-state index contributed by atoms with van der Waals surface area (Å²) in [5, 5.41) is 21.3. The van der Waals surface area contributed by atoms with Crippen LogP contribution in [0.25, 0.3) is 0 Å². The van der Waals surface area contributed by atoms with Gasteiger partial charge in [0.2, 0.25) is 0 Å². The molecule has 1 aromatic rings. The SMILES string of the molecule is CNOC(=O)CC=CC=C1CSC(C(NCc2ccccc2)C(=O)O)N=C1C(=O)O. The normalized spacial score (nSPS) is 18.8. The fourth-order valence-corrected chi connectivity index (χ4v) is 3.79. The van der Waals surface area contributed by atoms with Gasteiger partial charge in [0, 0.05) is 19.3 Å². The van der Waals surface area contributed by atoms with Crippen molar-refractivity contribution in [3.05, 3.63) is 59.7 Å². The number of carbonyl (C=O) groups excluding carboxylic acids is 1. The summed E-state index contributed by atoms with van der Waals surface area (Å²) < 4.78 is 0. The third-order valence-electron chi connectivity index (χ3n) is 4.03. The van der Waals surface area contributed by atoms with E-state index in [-0.39, 0.29) is 17.9 Å². The van der Waals surface area contributed by atoms with Crippen LogP contribution in [0.15, 0.2) is 59.1 Å². The molecule has 9 nitrogen and oxygen atoms in total. The summed E-state index contributed by atoms with van der Waals surface area (Å²) in [6.07, 6.45) is 4.65. The highest BCUT2D eigenvalue weighted by Gasteiger charge is 2.33. The van der Waals surface area contributed by atoms with Crippen molar-refractivity contribution >= 4 is 35.4 Å². The summed E-state index contributed by atoms with van der Waals surface area (Å²) in [5.41, 5.74) is 3.44. The number of allylic oxidation sites excluding steroid dienone is 2. The molecule has 2 unspecified atom stereocenters. The van der Waals surface area contributed by atoms with Crippen LogP contribution in [0.5, 0.6) is 0 Å². The Kier molecular flexibility index (Phi) is 9.26. The van der Waals surface area contributed by atoms with Crippen molar-refractivity contribution < 1.29 is 29.4 Å². The molecule has 0 saturated heterocycles. The van der Waals surface area contributed by atoms with E-state index in [9.17, 15) is 24.6 Å². The molecule has 2 rings (SSSR count). The number of rotatable bonds is 10. The minimum absolute atomic E-state index is 0.0183. The van der Waals surface area contributed by atoms with E-state index in [1.807, 2.05) is 30.3 Å². The number of nitrogens with one attached hydrogen (secondary N) is 2. The fraction of sp³-hybridized carbons (Fsp3) is 0.300. The van der Waals surface area contributed by atoms with Gasteiger partial charge in [-0.25, -0.2) is 4.79 Å². The van der Waals surface area contributed by atoms with Gasteiger partial charge in [-0.1, -0.05) is 48.6 Å². The molecule has 160 valence electrons. The van der Waals surface area contributed by atoms with Crippen LogP contribution in [-0.4, -0.2) is 58.0 Å². The lowest BCUT2D eigenvalue weighted by Gasteiger charge is -2.26. The minimum atomic E-state index is -1.23. The average Bonchev–Trinajstić information content (AvgIpc) is 2.72. The van der Waals surface area contributed by atoms with Crippen LogP contribution < -0.4 is 10.8 Å². The molecule has 1 heterocycles. The van der Waals surface area contributed by atoms with Crippen molar-refractivity contribution in [1.29, 1.82) is 0 Å². The number of benzene rings is 1. The van der Waals surface area contributed by atoms with E-state index < -0.39 is 29.3 Å². The van der Waals surface area contributed by atoms with E-state index >= 15 is 0 Å². The van der Waals surface area contributed by atoms with Gasteiger partial charge < -0.3 is 15.1 Å². The van der Waals surface area contributed by atoms with Crippen LogP contribution in [0.1, 0.15) is 12.0 Å². The zero-order valence-electron chi connectivity index (χ0n) is 16.3. The summed E-state index contributed by atoms with van der Waals surface area (Å²) in [6.45, 7) is 0.320. The monoisotopic (exact) mass is 433 g/mol. The predicted octanol–water partition coefficient (Wildman–Crippen LogP) is 1.38. The zero-order valence-corrected chi connectivity index (χ0v) is 17.1. The second-order valence-corrected chi connectivity index (χ2v) is 7.27. The van der Waals surface area contributed by atoms with Gasteiger partial charge in [-0.05, 0) is 11.1 Å². The predicted molar refractivity (Wildman–Crippen MR) is 113 cm³/mol. The molecule has 1 aliphatic heterocycles. The van der Waals surface area contributed by atoms with Gasteiger partial charge in [-0.15, -0.1) is 11.8 Å². The maximum absolute atomic E-state index is 11.7. The number of hydrogen-bond donors (Lipinski definition) is 4. The number of thioether (sulfide) groups is 1. The quantitative estimate of drug-likeness (QED) is 0.403. The van der Waals surface area contributed by atoms with Gasteiger partial charge in [0.15, 0.2) is 0 Å². The van der Waals surface area contributed by atoms with Gasteiger partial charge in [0.25, 0.3) is 0 Å². The molecule has 2 atom stereocenters. The number of carbonyl (C=O) groups is 3. The second kappa shape index (κ2) is 11.9. The highest BCUT2D eigenvalue weighted by Crippen LogP contribution is 2.27. The van der Waals surface area contributed by atoms with E-state index in [1.165, 1.54) is 24.9 Å². The lowest BCUT2D eigenvalue weighted by atomic mass is 10.1. The first-order valence-corrected chi connectivity index (χ1v) is 10.1. The fourth-order valence-electron chi connectivity index (χ4n) is 2.62. The Balaban J connectivity index is 2.11. The Morgan fingerprint density at radius 3 is 2.67 bits per heavy atom. The highest BCUT2D eigenvalue weighted by molar-refractivity contribution is 8.00. The third-order valence-corrected chi connectivity index (χ3v) is 5.22. The van der Waals surface area contributed by atoms with E-state index in [0.29, 0.717) is 12.1 Å². The molecule has 0 aromatic heterocycles. The number of aliphatic carboxylic acids is 2. The Morgan fingerprint density at radius 2 is 2.03 bits per heavy atom. The maximum atomic E-state index is 11.7. The molecule has 0 fully saturated rings. The van der Waals surface area contributed by atoms with Gasteiger partial charge in [-0.3, -0.25) is 19.9 Å². The van der Waals surface area contributed by atoms with Gasteiger partial charge >= 0.3 is 17.9 Å². The Morgan fingerprint density at radius 1 is 1.30 bits per heavy atom. The molecule has 1 aliphatic rings. The van der Waals surface area contributed by atoms with Crippen LogP contribution in [0.2, 0.25) is 0 Å². The Hall–Kier alpha value is -2.95. The van der Waals surface area contributed by atoms with Crippen molar-refractivity contribution in [2.24, 2.45) is 4.99 Å². The Labute approximate surface area is 177 Å². The molecule has 30 heavy (non-hydrogen) atoms. The summed E-state index contributed by atoms with van der Waals surface area (Å²) >= 11 is 1.24. The average molecular weight is 433 g/mol. The standard InChI is InChI=1S/C20H23N3O6S/c1-21-29-15(24)10-6-5-9-14-12-30-18(23-16(14)19(25)26)17(20(27)28)22-11-13-7-3-2-4-8-13/h2-9,17-18,21-22H,10-12H2,1H3,(H,25,26)(H,27,28). The van der Waals surface area contributed by atoms with Gasteiger partial charge in [-0.2, -0.15) is 5.48 Å². The molecular weight excluding hydrogens is 410 g/mol. The van der Waals surface area contributed by atoms with E-state index in [0.717, 1.165) is 5.56 Å². The molecule has 0 aliphatic carbocycles. The van der Waals surface area contributed by atoms with E-state index in [1.54, 1.807) is 12.2 Å². The molecule has 0 spiro atoms. The zero-order chi connectivity index (χ0) is 21.9. The van der Waals surface area contributed by atoms with Crippen molar-refractivity contribution in [3.8, 4) is 0 Å². The first-order valence-electron chi connectivity index (χ1n) is 9.07. The number of carboxylic acids is 2. The minimum Gasteiger partial charge on any atom is -0.480 e. The maximum Gasteiger partial charge on any atom is 0.354 e. The number of hydrogen-bond acceptors (Lipinski definition) is 8. The number of aliphatic imine (C=N–C) groups is 1. The largest absolute Gasteiger partial charge is 0.480 e. The van der Waals surface area contributed by atoms with Crippen LogP contribution >= 0.6 is 11.8 Å². The Bertz CT molecular complexity index is 853. The molecule has 0 radical (unpaired) electrons. The van der Waals surface area contributed by atoms with Crippen molar-refractivity contribution in [2.45, 2.75) is 24.4 Å². The molecular formula is C20H23N3O6S. The summed E-state index contributed by atoms with van der Waals surface area (Å²) in [6, 6.07) is 8.26. The van der Waals surface area contributed by atoms with Gasteiger partial charge in [0.05, 0.1) is 6.42 Å². The van der Waals surface area contributed by atoms with Crippen molar-refractivity contribution in [2.75, 3.05) is 12.8 Å². The number of carboxylic acid groups (broad SMARTS) is 2. The summed E-state index contributed by atoms with van der Waals surface area (Å²) in [5.74, 6) is -2.54. The third kappa shape index (κ3) is 7.14. The number of hydroxylamine groups is 1. The van der Waals surface area contributed by atoms with Crippen molar-refractivity contribution in [1.82, 2.24) is 10.8 Å². The van der Waals surface area contributed by atoms with Gasteiger partial charge in [0.1, 0.15) is 17.1 Å². The molecule has 0 bridgehead atoms. The first-order chi connectivity index (χ1) is 14.4. The molecule has 10 heteroatoms. The molecule has 0 saturated carbocycles. The topological polar surface area (TPSA) is 137 Å². The molecule has 1 aromatic carbocycles. The smallest absolute Gasteiger partial charge is 0.354 e.